The Morgan fingerprint density at radius 3 is 2.19 bits per heavy atom. The number of morpholine rings is 1. The number of hydrogen-bond donors (Lipinski definition) is 1. The van der Waals surface area contributed by atoms with Gasteiger partial charge in [0.15, 0.2) is 0 Å². The molecular weight excluding hydrogens is 426 g/mol. The zero-order valence-corrected chi connectivity index (χ0v) is 20.1. The summed E-state index contributed by atoms with van der Waals surface area (Å²) >= 11 is 0. The van der Waals surface area contributed by atoms with E-state index in [-0.39, 0.29) is 5.91 Å². The van der Waals surface area contributed by atoms with E-state index in [4.69, 9.17) is 4.74 Å². The summed E-state index contributed by atoms with van der Waals surface area (Å²) in [5.74, 6) is -0.341. The lowest BCUT2D eigenvalue weighted by Gasteiger charge is -2.29. The highest BCUT2D eigenvalue weighted by Gasteiger charge is 2.29. The molecule has 0 aliphatic carbocycles. The Hall–Kier alpha value is -2.42. The van der Waals surface area contributed by atoms with Gasteiger partial charge in [0.25, 0.3) is 0 Å². The number of aryl methyl sites for hydroxylation is 2. The molecule has 0 spiro atoms. The van der Waals surface area contributed by atoms with E-state index in [1.54, 1.807) is 19.1 Å². The summed E-state index contributed by atoms with van der Waals surface area (Å²) in [4.78, 5) is 15.2. The number of hydrogen-bond acceptors (Lipinski definition) is 5. The van der Waals surface area contributed by atoms with Crippen LogP contribution in [0.1, 0.15) is 29.2 Å². The predicted molar refractivity (Wildman–Crippen MR) is 127 cm³/mol. The van der Waals surface area contributed by atoms with Crippen LogP contribution in [0.5, 0.6) is 0 Å². The van der Waals surface area contributed by atoms with Crippen molar-refractivity contribution in [3.63, 3.8) is 0 Å². The third-order valence-corrected chi connectivity index (χ3v) is 6.79. The van der Waals surface area contributed by atoms with Crippen LogP contribution in [0.15, 0.2) is 42.5 Å². The maximum atomic E-state index is 12.8. The summed E-state index contributed by atoms with van der Waals surface area (Å²) in [5, 5.41) is 2.88. The van der Waals surface area contributed by atoms with E-state index >= 15 is 0 Å². The topological polar surface area (TPSA) is 79.0 Å². The van der Waals surface area contributed by atoms with E-state index in [0.717, 1.165) is 55.8 Å². The molecule has 1 aliphatic rings. The second-order valence-electron chi connectivity index (χ2n) is 8.50. The minimum absolute atomic E-state index is 0.339. The molecule has 0 radical (unpaired) electrons. The lowest BCUT2D eigenvalue weighted by atomic mass is 10.1. The monoisotopic (exact) mass is 459 g/mol. The molecule has 1 fully saturated rings. The van der Waals surface area contributed by atoms with Crippen LogP contribution in [0.3, 0.4) is 0 Å². The molecule has 1 saturated heterocycles. The number of amides is 1. The second kappa shape index (κ2) is 10.5. The number of rotatable bonds is 8. The number of nitrogens with zero attached hydrogens (tertiary/aromatic N) is 2. The van der Waals surface area contributed by atoms with Gasteiger partial charge in [-0.3, -0.25) is 14.0 Å². The van der Waals surface area contributed by atoms with Crippen LogP contribution in [0.4, 0.5) is 5.69 Å². The molecule has 1 heterocycles. The van der Waals surface area contributed by atoms with Crippen molar-refractivity contribution in [2.75, 3.05) is 36.9 Å². The van der Waals surface area contributed by atoms with E-state index in [0.29, 0.717) is 12.2 Å². The minimum atomic E-state index is -3.64. The zero-order chi connectivity index (χ0) is 23.3. The highest BCUT2D eigenvalue weighted by atomic mass is 32.2. The van der Waals surface area contributed by atoms with E-state index < -0.39 is 16.1 Å². The molecule has 32 heavy (non-hydrogen) atoms. The molecule has 2 aromatic carbocycles. The smallest absolute Gasteiger partial charge is 0.243 e. The van der Waals surface area contributed by atoms with Gasteiger partial charge in [-0.2, -0.15) is 0 Å². The first-order valence-electron chi connectivity index (χ1n) is 10.9. The largest absolute Gasteiger partial charge is 0.379 e. The van der Waals surface area contributed by atoms with Crippen molar-refractivity contribution >= 4 is 21.6 Å². The molecule has 1 N–H and O–H groups in total. The lowest BCUT2D eigenvalue weighted by molar-refractivity contribution is -0.122. The van der Waals surface area contributed by atoms with Crippen molar-refractivity contribution in [1.82, 2.24) is 10.2 Å². The third kappa shape index (κ3) is 6.54. The molecular formula is C24H33N3O4S. The molecule has 1 unspecified atom stereocenters. The Balaban J connectivity index is 1.63. The van der Waals surface area contributed by atoms with E-state index in [1.165, 1.54) is 9.87 Å². The van der Waals surface area contributed by atoms with Gasteiger partial charge in [-0.05, 0) is 55.2 Å². The van der Waals surface area contributed by atoms with Gasteiger partial charge in [0.05, 0.1) is 25.2 Å². The summed E-state index contributed by atoms with van der Waals surface area (Å²) in [5.41, 5.74) is 4.57. The molecule has 0 saturated carbocycles. The van der Waals surface area contributed by atoms with Gasteiger partial charge in [0.2, 0.25) is 15.9 Å². The summed E-state index contributed by atoms with van der Waals surface area (Å²) in [6.45, 7) is 10.1. The van der Waals surface area contributed by atoms with Crippen molar-refractivity contribution < 1.29 is 17.9 Å². The van der Waals surface area contributed by atoms with Crippen LogP contribution in [-0.2, 0) is 32.6 Å². The fraction of sp³-hybridized carbons (Fsp3) is 0.458. The summed E-state index contributed by atoms with van der Waals surface area (Å²) in [7, 11) is -3.64. The molecule has 1 aliphatic heterocycles. The molecule has 2 aromatic rings. The Kier molecular flexibility index (Phi) is 7.92. The quantitative estimate of drug-likeness (QED) is 0.657. The Bertz CT molecular complexity index is 1010. The highest BCUT2D eigenvalue weighted by molar-refractivity contribution is 7.92. The van der Waals surface area contributed by atoms with Crippen molar-refractivity contribution in [3.05, 3.63) is 64.7 Å². The predicted octanol–water partition coefficient (Wildman–Crippen LogP) is 2.61. The van der Waals surface area contributed by atoms with Crippen molar-refractivity contribution in [2.45, 2.75) is 39.9 Å². The summed E-state index contributed by atoms with van der Waals surface area (Å²) in [6.07, 6.45) is 1.13. The molecule has 0 aromatic heterocycles. The van der Waals surface area contributed by atoms with Crippen LogP contribution in [0.2, 0.25) is 0 Å². The third-order valence-electron chi connectivity index (χ3n) is 5.55. The summed E-state index contributed by atoms with van der Waals surface area (Å²) < 4.78 is 31.6. The first-order valence-corrected chi connectivity index (χ1v) is 12.7. The van der Waals surface area contributed by atoms with Crippen molar-refractivity contribution in [1.29, 1.82) is 0 Å². The SMILES string of the molecule is Cc1cc(C)cc(N(C(C)C(=O)NCc2ccc(CN3CCOCC3)cc2)S(C)(=O)=O)c1. The molecule has 1 atom stereocenters. The Morgan fingerprint density at radius 2 is 1.62 bits per heavy atom. The van der Waals surface area contributed by atoms with Gasteiger partial charge in [-0.25, -0.2) is 8.42 Å². The number of anilines is 1. The van der Waals surface area contributed by atoms with Crippen LogP contribution < -0.4 is 9.62 Å². The van der Waals surface area contributed by atoms with E-state index in [9.17, 15) is 13.2 Å². The Morgan fingerprint density at radius 1 is 1.06 bits per heavy atom. The first-order chi connectivity index (χ1) is 15.1. The molecule has 7 nitrogen and oxygen atoms in total. The van der Waals surface area contributed by atoms with Gasteiger partial charge in [0.1, 0.15) is 6.04 Å². The highest BCUT2D eigenvalue weighted by Crippen LogP contribution is 2.24. The van der Waals surface area contributed by atoms with Crippen LogP contribution in [-0.4, -0.2) is 57.8 Å². The average molecular weight is 460 g/mol. The van der Waals surface area contributed by atoms with Gasteiger partial charge >= 0.3 is 0 Å². The van der Waals surface area contributed by atoms with Gasteiger partial charge < -0.3 is 10.1 Å². The normalized spacial score (nSPS) is 15.9. The number of carbonyl (C=O) groups excluding carboxylic acids is 1. The standard InChI is InChI=1S/C24H33N3O4S/c1-18-13-19(2)15-23(14-18)27(32(4,29)30)20(3)24(28)25-16-21-5-7-22(8-6-21)17-26-9-11-31-12-10-26/h5-8,13-15,20H,9-12,16-17H2,1-4H3,(H,25,28). The maximum Gasteiger partial charge on any atom is 0.243 e. The van der Waals surface area contributed by atoms with E-state index in [1.807, 2.05) is 32.0 Å². The number of ether oxygens (including phenoxy) is 1. The molecule has 174 valence electrons. The fourth-order valence-corrected chi connectivity index (χ4v) is 5.16. The van der Waals surface area contributed by atoms with Crippen LogP contribution in [0.25, 0.3) is 0 Å². The van der Waals surface area contributed by atoms with Gasteiger partial charge in [-0.15, -0.1) is 0 Å². The van der Waals surface area contributed by atoms with Crippen molar-refractivity contribution in [2.24, 2.45) is 0 Å². The first kappa shape index (κ1) is 24.2. The van der Waals surface area contributed by atoms with E-state index in [2.05, 4.69) is 22.3 Å². The zero-order valence-electron chi connectivity index (χ0n) is 19.3. The molecule has 1 amide bonds. The van der Waals surface area contributed by atoms with Gasteiger partial charge in [0, 0.05) is 26.2 Å². The summed E-state index contributed by atoms with van der Waals surface area (Å²) in [6, 6.07) is 12.8. The number of benzene rings is 2. The van der Waals surface area contributed by atoms with Crippen LogP contribution >= 0.6 is 0 Å². The Labute approximate surface area is 191 Å². The maximum absolute atomic E-state index is 12.8. The van der Waals surface area contributed by atoms with Gasteiger partial charge in [-0.1, -0.05) is 30.3 Å². The minimum Gasteiger partial charge on any atom is -0.379 e. The lowest BCUT2D eigenvalue weighted by Crippen LogP contribution is -2.47. The molecule has 3 rings (SSSR count). The number of sulfonamides is 1. The second-order valence-corrected chi connectivity index (χ2v) is 10.4. The molecule has 0 bridgehead atoms. The van der Waals surface area contributed by atoms with Crippen molar-refractivity contribution in [3.8, 4) is 0 Å². The number of nitrogens with one attached hydrogen (secondary N) is 1. The van der Waals surface area contributed by atoms with Crippen LogP contribution in [0, 0.1) is 13.8 Å². The number of carbonyl (C=O) groups is 1. The average Bonchev–Trinajstić information content (AvgIpc) is 2.72. The molecule has 8 heteroatoms. The fourth-order valence-electron chi connectivity index (χ4n) is 4.00.